The number of aryl methyl sites for hydroxylation is 2. The van der Waals surface area contributed by atoms with E-state index in [1.165, 1.54) is 7.11 Å². The first kappa shape index (κ1) is 21.6. The second-order valence-electron chi connectivity index (χ2n) is 7.03. The van der Waals surface area contributed by atoms with Crippen LogP contribution in [-0.4, -0.2) is 48.4 Å². The summed E-state index contributed by atoms with van der Waals surface area (Å²) < 4.78 is 17.6. The van der Waals surface area contributed by atoms with Crippen molar-refractivity contribution < 1.29 is 19.0 Å². The van der Waals surface area contributed by atoms with Crippen molar-refractivity contribution in [3.63, 3.8) is 0 Å². The monoisotopic (exact) mass is 412 g/mol. The summed E-state index contributed by atoms with van der Waals surface area (Å²) in [5, 5.41) is 3.40. The van der Waals surface area contributed by atoms with Gasteiger partial charge >= 0.3 is 5.97 Å². The second kappa shape index (κ2) is 9.58. The highest BCUT2D eigenvalue weighted by molar-refractivity contribution is 5.94. The molecular formula is C22H28N4O4. The molecule has 0 atom stereocenters. The number of esters is 1. The molecule has 2 aromatic heterocycles. The number of carbonyl (C=O) groups excluding carboxylic acids is 1. The molecule has 0 amide bonds. The van der Waals surface area contributed by atoms with E-state index in [-0.39, 0.29) is 5.97 Å². The minimum Gasteiger partial charge on any atom is -0.496 e. The van der Waals surface area contributed by atoms with E-state index in [1.807, 2.05) is 26.1 Å². The number of benzene rings is 1. The molecule has 8 nitrogen and oxygen atoms in total. The number of nitrogens with one attached hydrogen (secondary N) is 1. The Morgan fingerprint density at radius 1 is 1.20 bits per heavy atom. The van der Waals surface area contributed by atoms with E-state index in [2.05, 4.69) is 14.9 Å². The first-order valence-corrected chi connectivity index (χ1v) is 9.80. The van der Waals surface area contributed by atoms with Gasteiger partial charge in [-0.15, -0.1) is 0 Å². The summed E-state index contributed by atoms with van der Waals surface area (Å²) in [5.41, 5.74) is 5.03. The summed E-state index contributed by atoms with van der Waals surface area (Å²) >= 11 is 0. The Balaban J connectivity index is 1.93. The molecule has 30 heavy (non-hydrogen) atoms. The molecule has 3 rings (SSSR count). The molecule has 0 fully saturated rings. The van der Waals surface area contributed by atoms with Gasteiger partial charge in [0.2, 0.25) is 5.95 Å². The number of imidazole rings is 1. The highest BCUT2D eigenvalue weighted by atomic mass is 16.5. The lowest BCUT2D eigenvalue weighted by Gasteiger charge is -2.14. The molecular weight excluding hydrogens is 384 g/mol. The smallest absolute Gasteiger partial charge is 0.337 e. The van der Waals surface area contributed by atoms with Crippen LogP contribution in [0.4, 0.5) is 5.95 Å². The van der Waals surface area contributed by atoms with Crippen LogP contribution >= 0.6 is 0 Å². The zero-order valence-corrected chi connectivity index (χ0v) is 18.1. The van der Waals surface area contributed by atoms with Gasteiger partial charge in [-0.1, -0.05) is 0 Å². The molecule has 0 saturated heterocycles. The highest BCUT2D eigenvalue weighted by Crippen LogP contribution is 2.26. The van der Waals surface area contributed by atoms with Gasteiger partial charge in [-0.2, -0.15) is 0 Å². The maximum atomic E-state index is 11.9. The van der Waals surface area contributed by atoms with E-state index in [1.54, 1.807) is 26.4 Å². The standard InChI is InChI=1S/C22H28N4O4/c1-14-12-23-18(15(2)20(14)29-4)13-24-22-25-17-11-16(21(27)30-5)7-8-19(17)26(22)9-6-10-28-3/h7-8,11-12H,6,9-10,13H2,1-5H3,(H,24,25). The summed E-state index contributed by atoms with van der Waals surface area (Å²) in [6.07, 6.45) is 2.65. The first-order valence-electron chi connectivity index (χ1n) is 9.80. The summed E-state index contributed by atoms with van der Waals surface area (Å²) in [4.78, 5) is 21.2. The lowest BCUT2D eigenvalue weighted by Crippen LogP contribution is -2.11. The van der Waals surface area contributed by atoms with Crippen molar-refractivity contribution in [2.75, 3.05) is 33.3 Å². The van der Waals surface area contributed by atoms with Gasteiger partial charge < -0.3 is 24.1 Å². The summed E-state index contributed by atoms with van der Waals surface area (Å²) in [6, 6.07) is 5.39. The summed E-state index contributed by atoms with van der Waals surface area (Å²) in [7, 11) is 4.72. The van der Waals surface area contributed by atoms with Crippen LogP contribution in [0, 0.1) is 13.8 Å². The highest BCUT2D eigenvalue weighted by Gasteiger charge is 2.15. The minimum atomic E-state index is -0.382. The van der Waals surface area contributed by atoms with Crippen LogP contribution in [0.1, 0.15) is 33.6 Å². The maximum absolute atomic E-state index is 11.9. The van der Waals surface area contributed by atoms with Crippen molar-refractivity contribution >= 4 is 23.0 Å². The van der Waals surface area contributed by atoms with Gasteiger partial charge in [0.05, 0.1) is 43.1 Å². The molecule has 0 unspecified atom stereocenters. The molecule has 3 aromatic rings. The van der Waals surface area contributed by atoms with Crippen LogP contribution in [0.2, 0.25) is 0 Å². The number of ether oxygens (including phenoxy) is 3. The average molecular weight is 412 g/mol. The van der Waals surface area contributed by atoms with Gasteiger partial charge in [0.25, 0.3) is 0 Å². The number of hydrogen-bond donors (Lipinski definition) is 1. The number of fused-ring (bicyclic) bond motifs is 1. The maximum Gasteiger partial charge on any atom is 0.337 e. The van der Waals surface area contributed by atoms with E-state index < -0.39 is 0 Å². The number of hydrogen-bond acceptors (Lipinski definition) is 7. The van der Waals surface area contributed by atoms with Crippen molar-refractivity contribution in [3.8, 4) is 5.75 Å². The zero-order valence-electron chi connectivity index (χ0n) is 18.1. The topological polar surface area (TPSA) is 87.5 Å². The average Bonchev–Trinajstić information content (AvgIpc) is 3.10. The molecule has 0 aliphatic rings. The van der Waals surface area contributed by atoms with Crippen LogP contribution in [0.15, 0.2) is 24.4 Å². The molecule has 160 valence electrons. The number of rotatable bonds is 9. The van der Waals surface area contributed by atoms with E-state index >= 15 is 0 Å². The molecule has 1 aromatic carbocycles. The molecule has 1 N–H and O–H groups in total. The number of pyridine rings is 1. The van der Waals surface area contributed by atoms with Crippen molar-refractivity contribution in [2.45, 2.75) is 33.4 Å². The Morgan fingerprint density at radius 2 is 2.00 bits per heavy atom. The molecule has 0 aliphatic carbocycles. The van der Waals surface area contributed by atoms with Gasteiger partial charge in [0.1, 0.15) is 5.75 Å². The number of nitrogens with zero attached hydrogens (tertiary/aromatic N) is 3. The van der Waals surface area contributed by atoms with E-state index in [9.17, 15) is 4.79 Å². The van der Waals surface area contributed by atoms with Crippen LogP contribution in [0.25, 0.3) is 11.0 Å². The van der Waals surface area contributed by atoms with Crippen LogP contribution in [-0.2, 0) is 22.6 Å². The van der Waals surface area contributed by atoms with Gasteiger partial charge in [-0.3, -0.25) is 4.98 Å². The van der Waals surface area contributed by atoms with Crippen LogP contribution < -0.4 is 10.1 Å². The second-order valence-corrected chi connectivity index (χ2v) is 7.03. The summed E-state index contributed by atoms with van der Waals surface area (Å²) in [6.45, 7) is 5.85. The molecule has 2 heterocycles. The Labute approximate surface area is 176 Å². The minimum absolute atomic E-state index is 0.382. The lowest BCUT2D eigenvalue weighted by molar-refractivity contribution is 0.0601. The van der Waals surface area contributed by atoms with Gasteiger partial charge in [-0.05, 0) is 38.5 Å². The molecule has 0 radical (unpaired) electrons. The third-order valence-electron chi connectivity index (χ3n) is 5.06. The van der Waals surface area contributed by atoms with Crippen molar-refractivity contribution in [3.05, 3.63) is 46.8 Å². The Hall–Kier alpha value is -3.13. The fraction of sp³-hybridized carbons (Fsp3) is 0.409. The molecule has 0 saturated carbocycles. The number of anilines is 1. The van der Waals surface area contributed by atoms with Crippen molar-refractivity contribution in [2.24, 2.45) is 0 Å². The third-order valence-corrected chi connectivity index (χ3v) is 5.06. The first-order chi connectivity index (χ1) is 14.5. The third kappa shape index (κ3) is 4.38. The largest absolute Gasteiger partial charge is 0.496 e. The molecule has 0 aliphatic heterocycles. The molecule has 8 heteroatoms. The normalized spacial score (nSPS) is 11.0. The number of aromatic nitrogens is 3. The quantitative estimate of drug-likeness (QED) is 0.425. The van der Waals surface area contributed by atoms with E-state index in [4.69, 9.17) is 19.2 Å². The predicted molar refractivity (Wildman–Crippen MR) is 115 cm³/mol. The van der Waals surface area contributed by atoms with Gasteiger partial charge in [-0.25, -0.2) is 9.78 Å². The lowest BCUT2D eigenvalue weighted by atomic mass is 10.1. The Morgan fingerprint density at radius 3 is 2.70 bits per heavy atom. The number of carbonyl (C=O) groups is 1. The molecule has 0 spiro atoms. The van der Waals surface area contributed by atoms with Crippen LogP contribution in [0.3, 0.4) is 0 Å². The Kier molecular flexibility index (Phi) is 6.89. The van der Waals surface area contributed by atoms with E-state index in [0.29, 0.717) is 24.7 Å². The van der Waals surface area contributed by atoms with Crippen molar-refractivity contribution in [1.29, 1.82) is 0 Å². The van der Waals surface area contributed by atoms with Crippen molar-refractivity contribution in [1.82, 2.24) is 14.5 Å². The predicted octanol–water partition coefficient (Wildman–Crippen LogP) is 3.49. The van der Waals surface area contributed by atoms with Gasteiger partial charge in [0.15, 0.2) is 0 Å². The zero-order chi connectivity index (χ0) is 21.7. The summed E-state index contributed by atoms with van der Waals surface area (Å²) in [5.74, 6) is 1.17. The van der Waals surface area contributed by atoms with Gasteiger partial charge in [0, 0.05) is 37.6 Å². The fourth-order valence-electron chi connectivity index (χ4n) is 3.51. The Bertz CT molecular complexity index is 1050. The van der Waals surface area contributed by atoms with E-state index in [0.717, 1.165) is 46.6 Å². The SMILES string of the molecule is COCCCn1c(NCc2ncc(C)c(OC)c2C)nc2cc(C(=O)OC)ccc21. The van der Waals surface area contributed by atoms with Crippen LogP contribution in [0.5, 0.6) is 5.75 Å². The number of methoxy groups -OCH3 is 3. The fourth-order valence-corrected chi connectivity index (χ4v) is 3.51. The molecule has 0 bridgehead atoms.